The fourth-order valence-corrected chi connectivity index (χ4v) is 6.80. The zero-order chi connectivity index (χ0) is 30.0. The molecule has 0 bridgehead atoms. The number of benzene rings is 2. The minimum atomic E-state index is -1.24. The van der Waals surface area contributed by atoms with Gasteiger partial charge in [0, 0.05) is 46.3 Å². The number of amides is 2. The van der Waals surface area contributed by atoms with Crippen LogP contribution in [0.1, 0.15) is 59.5 Å². The maximum absolute atomic E-state index is 14.0. The van der Waals surface area contributed by atoms with Crippen LogP contribution >= 0.6 is 23.2 Å². The van der Waals surface area contributed by atoms with Crippen molar-refractivity contribution in [3.8, 4) is 11.5 Å². The Hall–Kier alpha value is -3.11. The molecule has 1 fully saturated rings. The van der Waals surface area contributed by atoms with Gasteiger partial charge in [0.15, 0.2) is 11.5 Å². The third kappa shape index (κ3) is 6.01. The summed E-state index contributed by atoms with van der Waals surface area (Å²) >= 11 is 12.6. The van der Waals surface area contributed by atoms with Gasteiger partial charge in [0.1, 0.15) is 18.5 Å². The molecule has 1 aliphatic heterocycles. The maximum atomic E-state index is 14.0. The topological polar surface area (TPSA) is 125 Å². The second-order valence-corrected chi connectivity index (χ2v) is 11.9. The molecule has 2 aromatic rings. The Morgan fingerprint density at radius 3 is 2.62 bits per heavy atom. The highest BCUT2D eigenvalue weighted by molar-refractivity contribution is 6.35. The van der Waals surface area contributed by atoms with Crippen molar-refractivity contribution in [3.05, 3.63) is 68.7 Å². The number of aldehydes is 1. The fourth-order valence-electron chi connectivity index (χ4n) is 6.33. The first-order chi connectivity index (χ1) is 20.2. The van der Waals surface area contributed by atoms with Gasteiger partial charge in [-0.2, -0.15) is 0 Å². The molecular weight excluding hydrogens is 583 g/mol. The van der Waals surface area contributed by atoms with Crippen molar-refractivity contribution in [2.24, 2.45) is 5.92 Å². The number of carbonyl (C=O) groups is 3. The lowest BCUT2D eigenvalue weighted by atomic mass is 9.77. The number of methoxy groups -OCH3 is 1. The summed E-state index contributed by atoms with van der Waals surface area (Å²) in [5.74, 6) is -0.532. The Bertz CT molecular complexity index is 1390. The van der Waals surface area contributed by atoms with E-state index in [-0.39, 0.29) is 37.1 Å². The summed E-state index contributed by atoms with van der Waals surface area (Å²) in [4.78, 5) is 40.7. The molecule has 224 valence electrons. The van der Waals surface area contributed by atoms with Crippen molar-refractivity contribution in [2.75, 3.05) is 20.3 Å². The van der Waals surface area contributed by atoms with Crippen molar-refractivity contribution in [2.45, 2.75) is 62.8 Å². The number of nitrogens with one attached hydrogen (secondary N) is 1. The van der Waals surface area contributed by atoms with Gasteiger partial charge in [0.05, 0.1) is 25.7 Å². The van der Waals surface area contributed by atoms with Crippen LogP contribution in [0.2, 0.25) is 10.0 Å². The lowest BCUT2D eigenvalue weighted by Gasteiger charge is -2.41. The summed E-state index contributed by atoms with van der Waals surface area (Å²) in [5.41, 5.74) is 1.75. The van der Waals surface area contributed by atoms with Crippen LogP contribution in [0.4, 0.5) is 0 Å². The van der Waals surface area contributed by atoms with Gasteiger partial charge in [0.25, 0.3) is 0 Å². The van der Waals surface area contributed by atoms with Crippen molar-refractivity contribution >= 4 is 41.3 Å². The summed E-state index contributed by atoms with van der Waals surface area (Å²) in [6.07, 6.45) is 4.45. The second kappa shape index (κ2) is 13.0. The Morgan fingerprint density at radius 1 is 1.19 bits per heavy atom. The molecule has 3 N–H and O–H groups in total. The number of aliphatic hydroxyl groups excluding tert-OH is 2. The summed E-state index contributed by atoms with van der Waals surface area (Å²) in [7, 11) is 1.44. The molecule has 0 aromatic heterocycles. The molecule has 4 unspecified atom stereocenters. The molecule has 1 heterocycles. The van der Waals surface area contributed by atoms with E-state index in [4.69, 9.17) is 32.7 Å². The van der Waals surface area contributed by atoms with Gasteiger partial charge in [-0.3, -0.25) is 14.4 Å². The lowest BCUT2D eigenvalue weighted by molar-refractivity contribution is -0.139. The smallest absolute Gasteiger partial charge is 0.247 e. The number of hydrogen-bond acceptors (Lipinski definition) is 7. The fraction of sp³-hybridized carbons (Fsp3) is 0.452. The summed E-state index contributed by atoms with van der Waals surface area (Å²) < 4.78 is 11.8. The molecule has 42 heavy (non-hydrogen) atoms. The average Bonchev–Trinajstić information content (AvgIpc) is 3.64. The van der Waals surface area contributed by atoms with E-state index in [0.717, 1.165) is 25.7 Å². The van der Waals surface area contributed by atoms with Gasteiger partial charge in [-0.25, -0.2) is 0 Å². The number of hydrogen-bond donors (Lipinski definition) is 3. The molecule has 2 aliphatic carbocycles. The van der Waals surface area contributed by atoms with E-state index in [1.807, 2.05) is 0 Å². The highest BCUT2D eigenvalue weighted by Gasteiger charge is 2.51. The highest BCUT2D eigenvalue weighted by Crippen LogP contribution is 2.51. The van der Waals surface area contributed by atoms with Crippen LogP contribution in [0.3, 0.4) is 0 Å². The van der Waals surface area contributed by atoms with Crippen LogP contribution in [-0.4, -0.2) is 71.7 Å². The summed E-state index contributed by atoms with van der Waals surface area (Å²) in [5, 5.41) is 24.7. The normalized spacial score (nSPS) is 22.9. The number of fused-ring (bicyclic) bond motifs is 3. The minimum Gasteiger partial charge on any atom is -0.493 e. The summed E-state index contributed by atoms with van der Waals surface area (Å²) in [6.45, 7) is -0.179. The van der Waals surface area contributed by atoms with Crippen LogP contribution in [0, 0.1) is 5.92 Å². The van der Waals surface area contributed by atoms with Crippen LogP contribution in [-0.2, 0) is 16.1 Å². The van der Waals surface area contributed by atoms with Crippen LogP contribution < -0.4 is 14.8 Å². The predicted octanol–water partition coefficient (Wildman–Crippen LogP) is 4.05. The summed E-state index contributed by atoms with van der Waals surface area (Å²) in [6, 6.07) is 7.24. The molecule has 1 saturated carbocycles. The second-order valence-electron chi connectivity index (χ2n) is 11.0. The number of rotatable bonds is 10. The molecular formula is C31H34Cl2N2O7. The van der Waals surface area contributed by atoms with Crippen LogP contribution in [0.5, 0.6) is 11.5 Å². The molecule has 4 atom stereocenters. The van der Waals surface area contributed by atoms with Gasteiger partial charge in [-0.15, -0.1) is 0 Å². The molecule has 0 radical (unpaired) electrons. The monoisotopic (exact) mass is 616 g/mol. The Kier molecular flexibility index (Phi) is 9.42. The number of carbonyl (C=O) groups excluding carboxylic acids is 3. The molecule has 11 heteroatoms. The highest BCUT2D eigenvalue weighted by atomic mass is 35.5. The first kappa shape index (κ1) is 30.4. The maximum Gasteiger partial charge on any atom is 0.247 e. The molecule has 5 rings (SSSR count). The molecule has 0 saturated heterocycles. The quantitative estimate of drug-likeness (QED) is 0.344. The molecule has 2 aromatic carbocycles. The van der Waals surface area contributed by atoms with Crippen molar-refractivity contribution in [3.63, 3.8) is 0 Å². The van der Waals surface area contributed by atoms with Crippen molar-refractivity contribution < 1.29 is 34.1 Å². The van der Waals surface area contributed by atoms with Crippen molar-refractivity contribution in [1.82, 2.24) is 10.2 Å². The molecule has 3 aliphatic rings. The Labute approximate surface area is 254 Å². The predicted molar refractivity (Wildman–Crippen MR) is 157 cm³/mol. The number of nitrogens with zero attached hydrogens (tertiary/aromatic N) is 1. The largest absolute Gasteiger partial charge is 0.493 e. The Balaban J connectivity index is 1.59. The Morgan fingerprint density at radius 2 is 1.95 bits per heavy atom. The third-order valence-electron chi connectivity index (χ3n) is 8.38. The van der Waals surface area contributed by atoms with E-state index >= 15 is 0 Å². The zero-order valence-electron chi connectivity index (χ0n) is 23.2. The van der Waals surface area contributed by atoms with E-state index in [0.29, 0.717) is 50.9 Å². The average molecular weight is 618 g/mol. The van der Waals surface area contributed by atoms with Crippen molar-refractivity contribution in [1.29, 1.82) is 0 Å². The van der Waals surface area contributed by atoms with E-state index in [9.17, 15) is 24.6 Å². The SMILES string of the molecule is COc1cc(C=O)cc2c1OC1C2C(C(=O)NCCO)=CC(N(Cc2ccc(Cl)cc2Cl)C(=O)CC2CCCC2)C1O. The number of aliphatic hydroxyl groups is 2. The minimum absolute atomic E-state index is 0.0108. The van der Waals surface area contributed by atoms with Crippen LogP contribution in [0.25, 0.3) is 0 Å². The van der Waals surface area contributed by atoms with E-state index in [1.165, 1.54) is 13.2 Å². The number of halogens is 2. The van der Waals surface area contributed by atoms with E-state index in [2.05, 4.69) is 5.32 Å². The van der Waals surface area contributed by atoms with E-state index in [1.54, 1.807) is 35.2 Å². The van der Waals surface area contributed by atoms with E-state index < -0.39 is 30.1 Å². The first-order valence-electron chi connectivity index (χ1n) is 14.1. The van der Waals surface area contributed by atoms with Gasteiger partial charge < -0.3 is 29.9 Å². The van der Waals surface area contributed by atoms with Crippen LogP contribution in [0.15, 0.2) is 42.0 Å². The number of ether oxygens (including phenoxy) is 2. The first-order valence-corrected chi connectivity index (χ1v) is 14.9. The van der Waals surface area contributed by atoms with Gasteiger partial charge >= 0.3 is 0 Å². The zero-order valence-corrected chi connectivity index (χ0v) is 24.7. The van der Waals surface area contributed by atoms with Gasteiger partial charge in [-0.05, 0) is 54.7 Å². The molecule has 2 amide bonds. The van der Waals surface area contributed by atoms with Gasteiger partial charge in [0.2, 0.25) is 11.8 Å². The van der Waals surface area contributed by atoms with Gasteiger partial charge in [-0.1, -0.05) is 42.1 Å². The lowest BCUT2D eigenvalue weighted by Crippen LogP contribution is -2.55. The third-order valence-corrected chi connectivity index (χ3v) is 8.97. The molecule has 0 spiro atoms. The molecule has 9 nitrogen and oxygen atoms in total. The standard InChI is InChI=1S/C31H34Cl2N2O7/c1-41-25-11-18(16-37)10-21-27-22(31(40)34-8-9-36)14-24(28(39)30(27)42-29(21)25)35(26(38)12-17-4-2-3-5-17)15-19-6-7-20(32)13-23(19)33/h6-7,10-11,13-14,16-17,24,27-28,30,36,39H,2-5,8-9,12,15H2,1H3,(H,34,40).